The Kier molecular flexibility index (Phi) is 9.15. The lowest BCUT2D eigenvalue weighted by Crippen LogP contribution is -2.45. The number of ether oxygens (including phenoxy) is 1. The zero-order valence-electron chi connectivity index (χ0n) is 17.7. The second kappa shape index (κ2) is 11.3. The van der Waals surface area contributed by atoms with Crippen LogP contribution in [0.15, 0.2) is 48.5 Å². The quantitative estimate of drug-likeness (QED) is 0.534. The molecule has 0 fully saturated rings. The van der Waals surface area contributed by atoms with E-state index in [0.29, 0.717) is 10.0 Å². The van der Waals surface area contributed by atoms with Gasteiger partial charge in [-0.2, -0.15) is 0 Å². The Labute approximate surface area is 188 Å². The smallest absolute Gasteiger partial charge is 0.325 e. The highest BCUT2D eigenvalue weighted by Gasteiger charge is 2.34. The Hall–Kier alpha value is -2.08. The van der Waals surface area contributed by atoms with E-state index in [4.69, 9.17) is 27.9 Å². The van der Waals surface area contributed by atoms with Gasteiger partial charge in [-0.05, 0) is 35.4 Å². The van der Waals surface area contributed by atoms with Gasteiger partial charge >= 0.3 is 5.97 Å². The maximum atomic E-state index is 13.0. The van der Waals surface area contributed by atoms with Gasteiger partial charge in [0.2, 0.25) is 5.91 Å². The van der Waals surface area contributed by atoms with Crippen molar-refractivity contribution >= 4 is 35.1 Å². The van der Waals surface area contributed by atoms with E-state index in [9.17, 15) is 9.59 Å². The lowest BCUT2D eigenvalue weighted by molar-refractivity contribution is -0.149. The minimum absolute atomic E-state index is 0.115. The predicted molar refractivity (Wildman–Crippen MR) is 121 cm³/mol. The Morgan fingerprint density at radius 2 is 1.70 bits per heavy atom. The number of halogens is 2. The molecule has 2 aromatic carbocycles. The molecule has 0 heterocycles. The fraction of sp³-hybridized carbons (Fsp3) is 0.391. The Morgan fingerprint density at radius 1 is 1.03 bits per heavy atom. The molecule has 0 bridgehead atoms. The van der Waals surface area contributed by atoms with E-state index in [-0.39, 0.29) is 31.0 Å². The molecule has 5 nitrogen and oxygen atoms in total. The molecule has 0 aliphatic heterocycles. The van der Waals surface area contributed by atoms with Crippen LogP contribution in [0.25, 0.3) is 0 Å². The minimum Gasteiger partial charge on any atom is -0.468 e. The summed E-state index contributed by atoms with van der Waals surface area (Å²) >= 11 is 12.4. The highest BCUT2D eigenvalue weighted by Crippen LogP contribution is 2.36. The molecule has 0 spiro atoms. The normalized spacial score (nSPS) is 13.0. The molecule has 1 N–H and O–H groups in total. The molecular formula is C23H28Cl2N2O3. The largest absolute Gasteiger partial charge is 0.468 e. The van der Waals surface area contributed by atoms with E-state index in [1.807, 2.05) is 56.3 Å². The van der Waals surface area contributed by atoms with E-state index in [2.05, 4.69) is 5.32 Å². The van der Waals surface area contributed by atoms with Crippen LogP contribution in [-0.2, 0) is 14.3 Å². The number of rotatable bonds is 9. The lowest BCUT2D eigenvalue weighted by atomic mass is 9.91. The summed E-state index contributed by atoms with van der Waals surface area (Å²) in [5.74, 6) is -0.641. The van der Waals surface area contributed by atoms with E-state index >= 15 is 0 Å². The molecule has 0 saturated heterocycles. The van der Waals surface area contributed by atoms with Gasteiger partial charge in [0.25, 0.3) is 0 Å². The molecule has 0 saturated carbocycles. The zero-order chi connectivity index (χ0) is 22.3. The average molecular weight is 451 g/mol. The van der Waals surface area contributed by atoms with Gasteiger partial charge < -0.3 is 15.0 Å². The summed E-state index contributed by atoms with van der Waals surface area (Å²) in [5, 5.41) is 4.73. The average Bonchev–Trinajstić information content (AvgIpc) is 2.72. The van der Waals surface area contributed by atoms with Gasteiger partial charge in [-0.25, -0.2) is 0 Å². The van der Waals surface area contributed by atoms with Crippen LogP contribution >= 0.6 is 23.2 Å². The number of hydrogen-bond donors (Lipinski definition) is 1. The fourth-order valence-electron chi connectivity index (χ4n) is 3.39. The first kappa shape index (κ1) is 24.2. The number of amides is 1. The number of hydrogen-bond acceptors (Lipinski definition) is 4. The van der Waals surface area contributed by atoms with Crippen molar-refractivity contribution in [3.05, 3.63) is 69.7 Å². The van der Waals surface area contributed by atoms with Gasteiger partial charge in [0.1, 0.15) is 6.54 Å². The van der Waals surface area contributed by atoms with Crippen LogP contribution in [0.5, 0.6) is 0 Å². The highest BCUT2D eigenvalue weighted by atomic mass is 35.5. The summed E-state index contributed by atoms with van der Waals surface area (Å²) in [6.07, 6.45) is 0.253. The second-order valence-electron chi connectivity index (χ2n) is 7.30. The van der Waals surface area contributed by atoms with Crippen LogP contribution in [0.2, 0.25) is 10.0 Å². The van der Waals surface area contributed by atoms with E-state index < -0.39 is 12.0 Å². The third-order valence-electron chi connectivity index (χ3n) is 4.73. The van der Waals surface area contributed by atoms with Gasteiger partial charge in [0, 0.05) is 22.5 Å². The van der Waals surface area contributed by atoms with Crippen molar-refractivity contribution in [2.24, 2.45) is 0 Å². The molecule has 1 amide bonds. The molecule has 2 rings (SSSR count). The van der Waals surface area contributed by atoms with Crippen LogP contribution in [-0.4, -0.2) is 36.5 Å². The number of carbonyl (C=O) groups is 2. The monoisotopic (exact) mass is 450 g/mol. The van der Waals surface area contributed by atoms with E-state index in [1.54, 1.807) is 17.9 Å². The number of esters is 1. The number of nitrogens with one attached hydrogen (secondary N) is 1. The molecule has 7 heteroatoms. The topological polar surface area (TPSA) is 58.6 Å². The first-order valence-corrected chi connectivity index (χ1v) is 10.7. The van der Waals surface area contributed by atoms with Crippen LogP contribution in [0.4, 0.5) is 0 Å². The third kappa shape index (κ3) is 6.46. The Bertz CT molecular complexity index is 856. The van der Waals surface area contributed by atoms with Gasteiger partial charge in [-0.1, -0.05) is 68.2 Å². The molecular weight excluding hydrogens is 423 g/mol. The molecule has 0 aliphatic rings. The highest BCUT2D eigenvalue weighted by molar-refractivity contribution is 6.30. The molecule has 2 atom stereocenters. The molecule has 162 valence electrons. The van der Waals surface area contributed by atoms with Gasteiger partial charge in [0.05, 0.1) is 19.2 Å². The maximum Gasteiger partial charge on any atom is 0.325 e. The zero-order valence-corrected chi connectivity index (χ0v) is 19.2. The fourth-order valence-corrected chi connectivity index (χ4v) is 3.71. The molecule has 30 heavy (non-hydrogen) atoms. The van der Waals surface area contributed by atoms with Gasteiger partial charge in [-0.3, -0.25) is 9.59 Å². The summed E-state index contributed by atoms with van der Waals surface area (Å²) < 4.78 is 4.87. The molecule has 0 aromatic heterocycles. The van der Waals surface area contributed by atoms with Crippen molar-refractivity contribution in [2.45, 2.75) is 45.3 Å². The van der Waals surface area contributed by atoms with Crippen molar-refractivity contribution in [3.63, 3.8) is 0 Å². The third-order valence-corrected chi connectivity index (χ3v) is 5.22. The Balaban J connectivity index is 2.67. The minimum atomic E-state index is -0.487. The number of methoxy groups -OCH3 is 1. The second-order valence-corrected chi connectivity index (χ2v) is 8.17. The van der Waals surface area contributed by atoms with Crippen LogP contribution in [0, 0.1) is 0 Å². The SMILES string of the molecule is CCC(=O)N(CC(=O)OC)C(c1cccc(Cl)c1)C(NC(C)C)c1ccc(Cl)cc1. The van der Waals surface area contributed by atoms with Crippen molar-refractivity contribution < 1.29 is 14.3 Å². The standard InChI is InChI=1S/C23H28Cl2N2O3/c1-5-20(28)27(14-21(29)30-4)23(17-7-6-8-19(25)13-17)22(26-15(2)3)16-9-11-18(24)12-10-16/h6-13,15,22-23,26H,5,14H2,1-4H3. The lowest BCUT2D eigenvalue weighted by Gasteiger charge is -2.38. The summed E-state index contributed by atoms with van der Waals surface area (Å²) in [6.45, 7) is 5.67. The summed E-state index contributed by atoms with van der Waals surface area (Å²) in [6, 6.07) is 14.1. The van der Waals surface area contributed by atoms with Crippen LogP contribution in [0.3, 0.4) is 0 Å². The van der Waals surface area contributed by atoms with Gasteiger partial charge in [0.15, 0.2) is 0 Å². The van der Waals surface area contributed by atoms with Crippen molar-refractivity contribution in [2.75, 3.05) is 13.7 Å². The Morgan fingerprint density at radius 3 is 2.23 bits per heavy atom. The number of benzene rings is 2. The maximum absolute atomic E-state index is 13.0. The van der Waals surface area contributed by atoms with Crippen molar-refractivity contribution in [3.8, 4) is 0 Å². The summed E-state index contributed by atoms with van der Waals surface area (Å²) in [4.78, 5) is 26.7. The van der Waals surface area contributed by atoms with Crippen LogP contribution in [0.1, 0.15) is 50.4 Å². The van der Waals surface area contributed by atoms with Crippen LogP contribution < -0.4 is 5.32 Å². The molecule has 2 aromatic rings. The number of carbonyl (C=O) groups excluding carboxylic acids is 2. The number of nitrogens with zero attached hydrogens (tertiary/aromatic N) is 1. The van der Waals surface area contributed by atoms with E-state index in [1.165, 1.54) is 7.11 Å². The summed E-state index contributed by atoms with van der Waals surface area (Å²) in [5.41, 5.74) is 1.76. The van der Waals surface area contributed by atoms with E-state index in [0.717, 1.165) is 11.1 Å². The van der Waals surface area contributed by atoms with Crippen molar-refractivity contribution in [1.29, 1.82) is 0 Å². The molecule has 0 radical (unpaired) electrons. The molecule has 2 unspecified atom stereocenters. The molecule has 0 aliphatic carbocycles. The van der Waals surface area contributed by atoms with Gasteiger partial charge in [-0.15, -0.1) is 0 Å². The first-order valence-electron chi connectivity index (χ1n) is 9.90. The first-order chi connectivity index (χ1) is 14.3. The predicted octanol–water partition coefficient (Wildman–Crippen LogP) is 5.19. The summed E-state index contributed by atoms with van der Waals surface area (Å²) in [7, 11) is 1.31. The van der Waals surface area contributed by atoms with Crippen molar-refractivity contribution in [1.82, 2.24) is 10.2 Å².